The molecule has 0 radical (unpaired) electrons. The Kier molecular flexibility index (Phi) is 5.04. The van der Waals surface area contributed by atoms with Gasteiger partial charge in [-0.2, -0.15) is 0 Å². The molecule has 0 unspecified atom stereocenters. The second-order valence-corrected chi connectivity index (χ2v) is 6.65. The predicted octanol–water partition coefficient (Wildman–Crippen LogP) is 3.11. The number of carbonyl (C=O) groups is 1. The largest absolute Gasteiger partial charge is 0.491 e. The average molecular weight is 342 g/mol. The molecule has 1 amide bonds. The van der Waals surface area contributed by atoms with Crippen molar-refractivity contribution in [1.29, 1.82) is 0 Å². The minimum Gasteiger partial charge on any atom is -0.491 e. The summed E-state index contributed by atoms with van der Waals surface area (Å²) in [5.74, 6) is 0.103. The van der Waals surface area contributed by atoms with Crippen LogP contribution in [0, 0.1) is 5.82 Å². The molecular weight excluding hydrogens is 319 g/mol. The van der Waals surface area contributed by atoms with Gasteiger partial charge in [-0.3, -0.25) is 4.79 Å². The molecule has 4 nitrogen and oxygen atoms in total. The number of rotatable bonds is 4. The van der Waals surface area contributed by atoms with Crippen LogP contribution < -0.4 is 10.1 Å². The number of hydrogen-bond acceptors (Lipinski definition) is 3. The third-order valence-electron chi connectivity index (χ3n) is 4.68. The molecule has 1 heterocycles. The summed E-state index contributed by atoms with van der Waals surface area (Å²) < 4.78 is 18.9. The van der Waals surface area contributed by atoms with E-state index in [1.54, 1.807) is 12.1 Å². The van der Waals surface area contributed by atoms with E-state index in [4.69, 9.17) is 4.74 Å². The number of likely N-dealkylation sites (N-methyl/N-ethyl adjacent to an activating group) is 1. The maximum atomic E-state index is 13.1. The summed E-state index contributed by atoms with van der Waals surface area (Å²) in [6.07, 6.45) is 0. The van der Waals surface area contributed by atoms with E-state index in [1.807, 2.05) is 45.3 Å². The normalized spacial score (nSPS) is 20.5. The fourth-order valence-electron chi connectivity index (χ4n) is 3.31. The van der Waals surface area contributed by atoms with Crippen molar-refractivity contribution in [3.05, 3.63) is 65.5 Å². The molecular formula is C20H23FN2O2. The van der Waals surface area contributed by atoms with Gasteiger partial charge in [0.1, 0.15) is 18.2 Å². The van der Waals surface area contributed by atoms with Crippen LogP contribution in [-0.4, -0.2) is 37.6 Å². The molecule has 132 valence electrons. The topological polar surface area (TPSA) is 41.6 Å². The van der Waals surface area contributed by atoms with Gasteiger partial charge in [0.05, 0.1) is 18.0 Å². The van der Waals surface area contributed by atoms with Gasteiger partial charge in [0.25, 0.3) is 0 Å². The Morgan fingerprint density at radius 3 is 2.56 bits per heavy atom. The van der Waals surface area contributed by atoms with E-state index in [-0.39, 0.29) is 29.7 Å². The van der Waals surface area contributed by atoms with Gasteiger partial charge >= 0.3 is 0 Å². The molecule has 3 atom stereocenters. The minimum atomic E-state index is -0.361. The Balaban J connectivity index is 1.77. The van der Waals surface area contributed by atoms with Crippen molar-refractivity contribution in [1.82, 2.24) is 10.2 Å². The van der Waals surface area contributed by atoms with Crippen molar-refractivity contribution >= 4 is 5.91 Å². The van der Waals surface area contributed by atoms with Crippen molar-refractivity contribution in [2.45, 2.75) is 24.9 Å². The first-order chi connectivity index (χ1) is 12.0. The lowest BCUT2D eigenvalue weighted by Gasteiger charge is -2.38. The SMILES string of the molecule is C[C@H](C(=O)N[C@H]1COc2ccccc2[C@@H]1N(C)C)c1ccc(F)cc1. The summed E-state index contributed by atoms with van der Waals surface area (Å²) in [6.45, 7) is 2.24. The lowest BCUT2D eigenvalue weighted by molar-refractivity contribution is -0.123. The van der Waals surface area contributed by atoms with E-state index in [0.717, 1.165) is 16.9 Å². The number of fused-ring (bicyclic) bond motifs is 1. The van der Waals surface area contributed by atoms with Gasteiger partial charge in [0.2, 0.25) is 5.91 Å². The average Bonchev–Trinajstić information content (AvgIpc) is 2.61. The summed E-state index contributed by atoms with van der Waals surface area (Å²) >= 11 is 0. The highest BCUT2D eigenvalue weighted by Gasteiger charge is 2.34. The number of carbonyl (C=O) groups excluding carboxylic acids is 1. The minimum absolute atomic E-state index is 0.0364. The molecule has 5 heteroatoms. The molecule has 0 aromatic heterocycles. The summed E-state index contributed by atoms with van der Waals surface area (Å²) in [5.41, 5.74) is 1.86. The van der Waals surface area contributed by atoms with Crippen LogP contribution in [0.5, 0.6) is 5.75 Å². The van der Waals surface area contributed by atoms with Gasteiger partial charge in [0.15, 0.2) is 0 Å². The monoisotopic (exact) mass is 342 g/mol. The molecule has 1 aliphatic rings. The molecule has 0 fully saturated rings. The maximum absolute atomic E-state index is 13.1. The van der Waals surface area contributed by atoms with Crippen molar-refractivity contribution in [3.8, 4) is 5.75 Å². The third-order valence-corrected chi connectivity index (χ3v) is 4.68. The fourth-order valence-corrected chi connectivity index (χ4v) is 3.31. The number of nitrogens with zero attached hydrogens (tertiary/aromatic N) is 1. The molecule has 1 aliphatic heterocycles. The zero-order chi connectivity index (χ0) is 18.0. The van der Waals surface area contributed by atoms with Crippen LogP contribution in [0.4, 0.5) is 4.39 Å². The predicted molar refractivity (Wildman–Crippen MR) is 95.1 cm³/mol. The number of nitrogens with one attached hydrogen (secondary N) is 1. The Morgan fingerprint density at radius 2 is 1.88 bits per heavy atom. The number of hydrogen-bond donors (Lipinski definition) is 1. The highest BCUT2D eigenvalue weighted by molar-refractivity contribution is 5.83. The van der Waals surface area contributed by atoms with Gasteiger partial charge in [-0.05, 0) is 44.8 Å². The number of halogens is 1. The molecule has 3 rings (SSSR count). The molecule has 2 aromatic rings. The Morgan fingerprint density at radius 1 is 1.20 bits per heavy atom. The summed E-state index contributed by atoms with van der Waals surface area (Å²) in [4.78, 5) is 14.8. The Hall–Kier alpha value is -2.40. The van der Waals surface area contributed by atoms with Crippen molar-refractivity contribution in [2.24, 2.45) is 0 Å². The summed E-state index contributed by atoms with van der Waals surface area (Å²) in [7, 11) is 3.99. The van der Waals surface area contributed by atoms with E-state index in [9.17, 15) is 9.18 Å². The third kappa shape index (κ3) is 3.66. The van der Waals surface area contributed by atoms with E-state index in [2.05, 4.69) is 10.2 Å². The van der Waals surface area contributed by atoms with Crippen molar-refractivity contribution in [3.63, 3.8) is 0 Å². The van der Waals surface area contributed by atoms with E-state index in [0.29, 0.717) is 6.61 Å². The highest BCUT2D eigenvalue weighted by atomic mass is 19.1. The lowest BCUT2D eigenvalue weighted by atomic mass is 9.94. The van der Waals surface area contributed by atoms with Crippen LogP contribution >= 0.6 is 0 Å². The van der Waals surface area contributed by atoms with Crippen LogP contribution in [0.2, 0.25) is 0 Å². The zero-order valence-corrected chi connectivity index (χ0v) is 14.7. The smallest absolute Gasteiger partial charge is 0.227 e. The zero-order valence-electron chi connectivity index (χ0n) is 14.7. The van der Waals surface area contributed by atoms with Crippen molar-refractivity contribution < 1.29 is 13.9 Å². The van der Waals surface area contributed by atoms with Gasteiger partial charge < -0.3 is 15.0 Å². The molecule has 0 saturated carbocycles. The molecule has 0 aliphatic carbocycles. The summed E-state index contributed by atoms with van der Waals surface area (Å²) in [5, 5.41) is 3.10. The standard InChI is InChI=1S/C20H23FN2O2/c1-13(14-8-10-15(21)11-9-14)20(24)22-17-12-25-18-7-5-4-6-16(18)19(17)23(2)3/h4-11,13,17,19H,12H2,1-3H3,(H,22,24)/t13-,17-,19-/m0/s1. The first-order valence-electron chi connectivity index (χ1n) is 8.41. The van der Waals surface area contributed by atoms with E-state index in [1.165, 1.54) is 12.1 Å². The van der Waals surface area contributed by atoms with E-state index < -0.39 is 0 Å². The Labute approximate surface area is 147 Å². The number of ether oxygens (including phenoxy) is 1. The fraction of sp³-hybridized carbons (Fsp3) is 0.350. The van der Waals surface area contributed by atoms with Crippen LogP contribution in [0.1, 0.15) is 30.0 Å². The first-order valence-corrected chi connectivity index (χ1v) is 8.41. The van der Waals surface area contributed by atoms with Gasteiger partial charge in [0, 0.05) is 5.56 Å². The second-order valence-electron chi connectivity index (χ2n) is 6.65. The Bertz CT molecular complexity index is 746. The van der Waals surface area contributed by atoms with Crippen LogP contribution in [0.15, 0.2) is 48.5 Å². The summed E-state index contributed by atoms with van der Waals surface area (Å²) in [6, 6.07) is 13.8. The lowest BCUT2D eigenvalue weighted by Crippen LogP contribution is -2.50. The second kappa shape index (κ2) is 7.23. The molecule has 0 spiro atoms. The van der Waals surface area contributed by atoms with E-state index >= 15 is 0 Å². The van der Waals surface area contributed by atoms with Crippen LogP contribution in [0.3, 0.4) is 0 Å². The molecule has 1 N–H and O–H groups in total. The highest BCUT2D eigenvalue weighted by Crippen LogP contribution is 2.35. The number of para-hydroxylation sites is 1. The van der Waals surface area contributed by atoms with Crippen LogP contribution in [-0.2, 0) is 4.79 Å². The van der Waals surface area contributed by atoms with Gasteiger partial charge in [-0.1, -0.05) is 30.3 Å². The maximum Gasteiger partial charge on any atom is 0.227 e. The molecule has 2 aromatic carbocycles. The van der Waals surface area contributed by atoms with Crippen LogP contribution in [0.25, 0.3) is 0 Å². The molecule has 0 saturated heterocycles. The quantitative estimate of drug-likeness (QED) is 0.928. The molecule has 0 bridgehead atoms. The first kappa shape index (κ1) is 17.4. The van der Waals surface area contributed by atoms with Gasteiger partial charge in [-0.25, -0.2) is 4.39 Å². The van der Waals surface area contributed by atoms with Gasteiger partial charge in [-0.15, -0.1) is 0 Å². The number of amides is 1. The number of benzene rings is 2. The van der Waals surface area contributed by atoms with Crippen molar-refractivity contribution in [2.75, 3.05) is 20.7 Å². The molecule has 25 heavy (non-hydrogen) atoms.